The van der Waals surface area contributed by atoms with E-state index in [4.69, 9.17) is 4.79 Å². The van der Waals surface area contributed by atoms with Crippen LogP contribution >= 0.6 is 0 Å². The topological polar surface area (TPSA) is 65.8 Å². The molecule has 2 aromatic rings. The molecule has 0 radical (unpaired) electrons. The van der Waals surface area contributed by atoms with Crippen LogP contribution in [0.2, 0.25) is 0 Å². The van der Waals surface area contributed by atoms with Crippen molar-refractivity contribution in [2.75, 3.05) is 10.6 Å². The fourth-order valence-corrected chi connectivity index (χ4v) is 2.12. The summed E-state index contributed by atoms with van der Waals surface area (Å²) in [5.41, 5.74) is 4.89. The molecule has 2 aliphatic rings. The number of rotatable bonds is 0. The van der Waals surface area contributed by atoms with E-state index in [0.717, 1.165) is 13.1 Å². The lowest BCUT2D eigenvalue weighted by Crippen LogP contribution is -2.03. The van der Waals surface area contributed by atoms with Crippen LogP contribution in [-0.2, 0) is 17.9 Å². The van der Waals surface area contributed by atoms with Gasteiger partial charge in [0.15, 0.2) is 0 Å². The van der Waals surface area contributed by atoms with Crippen LogP contribution in [0.4, 0.5) is 11.4 Å². The third kappa shape index (κ3) is 4.02. The lowest BCUT2D eigenvalue weighted by Gasteiger charge is -2.10. The Morgan fingerprint density at radius 3 is 1.55 bits per heavy atom. The summed E-state index contributed by atoms with van der Waals surface area (Å²) in [7, 11) is 0. The smallest absolute Gasteiger partial charge is 0.106 e. The van der Waals surface area contributed by atoms with Gasteiger partial charge < -0.3 is 15.4 Å². The first-order chi connectivity index (χ1) is 10.9. The molecule has 0 aromatic heterocycles. The Hall–Kier alpha value is -2.95. The minimum Gasteiger partial charge on any atom is -0.346 e. The van der Waals surface area contributed by atoms with Crippen molar-refractivity contribution in [3.8, 4) is 0 Å². The molecule has 2 aliphatic heterocycles. The number of hydrogen-bond donors (Lipinski definition) is 2. The van der Waals surface area contributed by atoms with Gasteiger partial charge in [-0.1, -0.05) is 36.4 Å². The molecule has 0 bridgehead atoms. The Morgan fingerprint density at radius 1 is 0.727 bits per heavy atom. The predicted molar refractivity (Wildman–Crippen MR) is 91.6 cm³/mol. The highest BCUT2D eigenvalue weighted by atomic mass is 16.1. The Kier molecular flexibility index (Phi) is 5.87. The molecule has 2 heterocycles. The van der Waals surface area contributed by atoms with Crippen LogP contribution < -0.4 is 10.6 Å². The molecule has 4 rings (SSSR count). The summed E-state index contributed by atoms with van der Waals surface area (Å²) in [6.07, 6.45) is 3.48. The lowest BCUT2D eigenvalue weighted by atomic mass is 10.1. The summed E-state index contributed by atoms with van der Waals surface area (Å²) in [4.78, 5) is 16.2. The average molecular weight is 294 g/mol. The van der Waals surface area contributed by atoms with E-state index in [-0.39, 0.29) is 0 Å². The van der Waals surface area contributed by atoms with E-state index in [1.165, 1.54) is 22.5 Å². The third-order valence-corrected chi connectivity index (χ3v) is 3.18. The molecule has 0 spiro atoms. The quantitative estimate of drug-likeness (QED) is 0.784. The van der Waals surface area contributed by atoms with E-state index >= 15 is 0 Å². The number of para-hydroxylation sites is 2. The van der Waals surface area contributed by atoms with Crippen LogP contribution in [0, 0.1) is 0 Å². The number of aliphatic imine (C=N–C) groups is 2. The molecule has 0 unspecified atom stereocenters. The molecule has 0 atom stereocenters. The van der Waals surface area contributed by atoms with Gasteiger partial charge in [0.1, 0.15) is 6.79 Å². The van der Waals surface area contributed by atoms with Gasteiger partial charge in [0.25, 0.3) is 0 Å². The number of anilines is 2. The number of nitrogens with one attached hydrogen (secondary N) is 2. The van der Waals surface area contributed by atoms with Crippen molar-refractivity contribution in [2.45, 2.75) is 13.1 Å². The summed E-state index contributed by atoms with van der Waals surface area (Å²) in [6, 6.07) is 16.4. The summed E-state index contributed by atoms with van der Waals surface area (Å²) < 4.78 is 0. The lowest BCUT2D eigenvalue weighted by molar-refractivity contribution is -0.0979. The molecule has 5 heteroatoms. The Labute approximate surface area is 129 Å². The second-order valence-electron chi connectivity index (χ2n) is 4.54. The summed E-state index contributed by atoms with van der Waals surface area (Å²) in [6.45, 7) is 3.62. The second kappa shape index (κ2) is 8.36. The van der Waals surface area contributed by atoms with Gasteiger partial charge in [-0.05, 0) is 23.3 Å². The molecule has 112 valence electrons. The number of fused-ring (bicyclic) bond motifs is 2. The average Bonchev–Trinajstić information content (AvgIpc) is 2.64. The van der Waals surface area contributed by atoms with Crippen LogP contribution in [0.3, 0.4) is 0 Å². The van der Waals surface area contributed by atoms with Crippen molar-refractivity contribution in [1.29, 1.82) is 0 Å². The van der Waals surface area contributed by atoms with Gasteiger partial charge in [0.2, 0.25) is 0 Å². The van der Waals surface area contributed by atoms with E-state index in [1.54, 1.807) is 12.7 Å². The van der Waals surface area contributed by atoms with Gasteiger partial charge in [-0.15, -0.1) is 0 Å². The van der Waals surface area contributed by atoms with Crippen LogP contribution in [0.5, 0.6) is 0 Å². The van der Waals surface area contributed by atoms with E-state index < -0.39 is 0 Å². The molecular formula is C17H18N4O. The van der Waals surface area contributed by atoms with Gasteiger partial charge in [0, 0.05) is 11.4 Å². The molecule has 2 N–H and O–H groups in total. The molecule has 22 heavy (non-hydrogen) atoms. The standard InChI is InChI=1S/2C8H8N2.CH2O/c2*1-2-4-8-7(3-1)5-9-6-10-8;1-2/h2*1-4,6H,5H2,(H,9,10);1H2. The van der Waals surface area contributed by atoms with Crippen LogP contribution in [-0.4, -0.2) is 19.5 Å². The highest BCUT2D eigenvalue weighted by molar-refractivity contribution is 5.79. The number of nitrogens with zero attached hydrogens (tertiary/aromatic N) is 2. The number of hydrogen-bond acceptors (Lipinski definition) is 5. The second-order valence-corrected chi connectivity index (χ2v) is 4.54. The van der Waals surface area contributed by atoms with E-state index in [9.17, 15) is 0 Å². The fourth-order valence-electron chi connectivity index (χ4n) is 2.12. The maximum absolute atomic E-state index is 8.00. The van der Waals surface area contributed by atoms with Crippen molar-refractivity contribution in [3.05, 3.63) is 59.7 Å². The molecule has 0 aliphatic carbocycles. The van der Waals surface area contributed by atoms with Crippen molar-refractivity contribution in [2.24, 2.45) is 9.98 Å². The summed E-state index contributed by atoms with van der Waals surface area (Å²) in [5.74, 6) is 0. The molecule has 2 aromatic carbocycles. The zero-order chi connectivity index (χ0) is 15.6. The molecule has 0 saturated heterocycles. The minimum absolute atomic E-state index is 0.809. The molecule has 0 amide bonds. The SMILES string of the molecule is C1=NCc2ccccc2N1.C1=NCc2ccccc2N1.C=O. The van der Waals surface area contributed by atoms with Crippen LogP contribution in [0.25, 0.3) is 0 Å². The van der Waals surface area contributed by atoms with Crippen LogP contribution in [0.15, 0.2) is 58.5 Å². The van der Waals surface area contributed by atoms with Gasteiger partial charge in [0.05, 0.1) is 25.8 Å². The number of carbonyl (C=O) groups excluding carboxylic acids is 1. The van der Waals surface area contributed by atoms with Crippen molar-refractivity contribution in [1.82, 2.24) is 0 Å². The fraction of sp³-hybridized carbons (Fsp3) is 0.118. The Morgan fingerprint density at radius 2 is 1.14 bits per heavy atom. The van der Waals surface area contributed by atoms with Crippen molar-refractivity contribution < 1.29 is 4.79 Å². The minimum atomic E-state index is 0.809. The zero-order valence-electron chi connectivity index (χ0n) is 12.2. The summed E-state index contributed by atoms with van der Waals surface area (Å²) in [5, 5.41) is 6.14. The van der Waals surface area contributed by atoms with E-state index in [1.807, 2.05) is 31.1 Å². The zero-order valence-corrected chi connectivity index (χ0v) is 12.2. The molecule has 5 nitrogen and oxygen atoms in total. The Balaban J connectivity index is 0.000000144. The Bertz CT molecular complexity index is 556. The third-order valence-electron chi connectivity index (χ3n) is 3.18. The maximum atomic E-state index is 8.00. The number of carbonyl (C=O) groups is 1. The van der Waals surface area contributed by atoms with E-state index in [2.05, 4.69) is 44.9 Å². The van der Waals surface area contributed by atoms with Gasteiger partial charge in [-0.2, -0.15) is 0 Å². The largest absolute Gasteiger partial charge is 0.346 e. The first kappa shape index (κ1) is 15.4. The first-order valence-electron chi connectivity index (χ1n) is 6.88. The normalized spacial score (nSPS) is 12.9. The van der Waals surface area contributed by atoms with E-state index in [0.29, 0.717) is 0 Å². The number of benzene rings is 2. The van der Waals surface area contributed by atoms with Gasteiger partial charge in [-0.25, -0.2) is 0 Å². The summed E-state index contributed by atoms with van der Waals surface area (Å²) >= 11 is 0. The molecule has 0 fully saturated rings. The maximum Gasteiger partial charge on any atom is 0.106 e. The van der Waals surface area contributed by atoms with Gasteiger partial charge in [-0.3, -0.25) is 9.98 Å². The highest BCUT2D eigenvalue weighted by Gasteiger charge is 2.01. The molecule has 0 saturated carbocycles. The van der Waals surface area contributed by atoms with Crippen molar-refractivity contribution >= 4 is 30.8 Å². The first-order valence-corrected chi connectivity index (χ1v) is 6.88. The van der Waals surface area contributed by atoms with Crippen molar-refractivity contribution in [3.63, 3.8) is 0 Å². The van der Waals surface area contributed by atoms with Gasteiger partial charge >= 0.3 is 0 Å². The predicted octanol–water partition coefficient (Wildman–Crippen LogP) is 3.10. The monoisotopic (exact) mass is 294 g/mol. The highest BCUT2D eigenvalue weighted by Crippen LogP contribution is 2.17. The van der Waals surface area contributed by atoms with Crippen LogP contribution in [0.1, 0.15) is 11.1 Å². The molecular weight excluding hydrogens is 276 g/mol.